The van der Waals surface area contributed by atoms with E-state index in [1.165, 1.54) is 6.42 Å². The fraction of sp³-hybridized carbons (Fsp3) is 0.765. The second-order valence-electron chi connectivity index (χ2n) is 5.94. The van der Waals surface area contributed by atoms with Gasteiger partial charge in [0.15, 0.2) is 0 Å². The van der Waals surface area contributed by atoms with Gasteiger partial charge >= 0.3 is 0 Å². The van der Waals surface area contributed by atoms with Gasteiger partial charge < -0.3 is 9.80 Å². The molecule has 120 valence electrons. The lowest BCUT2D eigenvalue weighted by atomic mass is 9.92. The standard InChI is InChI=1S/C17H30N2OS/c1-6-10-19(8-3)12-9-11-18(5)15-14(13(4)7-2)17(21)16(15)20/h13H,6-12H2,1-5H3. The fourth-order valence-electron chi connectivity index (χ4n) is 2.83. The van der Waals surface area contributed by atoms with Crippen molar-refractivity contribution in [2.45, 2.75) is 52.9 Å². The molecule has 0 saturated carbocycles. The van der Waals surface area contributed by atoms with Gasteiger partial charge in [0.2, 0.25) is 5.43 Å². The van der Waals surface area contributed by atoms with Gasteiger partial charge in [-0.15, -0.1) is 0 Å². The van der Waals surface area contributed by atoms with Crippen molar-refractivity contribution in [3.8, 4) is 0 Å². The summed E-state index contributed by atoms with van der Waals surface area (Å²) < 4.78 is 0.562. The molecule has 0 radical (unpaired) electrons. The zero-order chi connectivity index (χ0) is 16.0. The van der Waals surface area contributed by atoms with Crippen LogP contribution in [0.1, 0.15) is 58.4 Å². The van der Waals surface area contributed by atoms with Gasteiger partial charge in [0.05, 0.1) is 10.2 Å². The van der Waals surface area contributed by atoms with Gasteiger partial charge in [0, 0.05) is 19.2 Å². The van der Waals surface area contributed by atoms with E-state index in [-0.39, 0.29) is 5.43 Å². The van der Waals surface area contributed by atoms with E-state index in [4.69, 9.17) is 12.2 Å². The van der Waals surface area contributed by atoms with Crippen molar-refractivity contribution in [3.63, 3.8) is 0 Å². The van der Waals surface area contributed by atoms with Crippen molar-refractivity contribution in [1.82, 2.24) is 4.90 Å². The molecular weight excluding hydrogens is 280 g/mol. The molecule has 0 amide bonds. The summed E-state index contributed by atoms with van der Waals surface area (Å²) in [4.78, 5) is 16.6. The zero-order valence-corrected chi connectivity index (χ0v) is 15.1. The molecular formula is C17H30N2OS. The average Bonchev–Trinajstić information content (AvgIpc) is 2.49. The Kier molecular flexibility index (Phi) is 7.53. The van der Waals surface area contributed by atoms with E-state index in [9.17, 15) is 4.79 Å². The van der Waals surface area contributed by atoms with Crippen LogP contribution in [-0.4, -0.2) is 38.1 Å². The predicted molar refractivity (Wildman–Crippen MR) is 94.9 cm³/mol. The van der Waals surface area contributed by atoms with E-state index in [1.807, 2.05) is 7.05 Å². The van der Waals surface area contributed by atoms with Crippen LogP contribution in [0.2, 0.25) is 0 Å². The maximum atomic E-state index is 12.0. The van der Waals surface area contributed by atoms with Crippen molar-refractivity contribution >= 4 is 17.9 Å². The molecule has 0 spiro atoms. The van der Waals surface area contributed by atoms with E-state index in [0.29, 0.717) is 10.4 Å². The molecule has 1 unspecified atom stereocenters. The van der Waals surface area contributed by atoms with Crippen LogP contribution in [0.5, 0.6) is 0 Å². The molecule has 0 aliphatic rings. The molecule has 0 saturated heterocycles. The minimum absolute atomic E-state index is 0.0729. The molecule has 0 fully saturated rings. The maximum absolute atomic E-state index is 12.0. The van der Waals surface area contributed by atoms with Gasteiger partial charge in [0.1, 0.15) is 0 Å². The molecule has 0 N–H and O–H groups in total. The van der Waals surface area contributed by atoms with Crippen molar-refractivity contribution < 1.29 is 0 Å². The van der Waals surface area contributed by atoms with E-state index in [0.717, 1.165) is 50.3 Å². The maximum Gasteiger partial charge on any atom is 0.220 e. The molecule has 1 atom stereocenters. The number of hydrogen-bond acceptors (Lipinski definition) is 4. The van der Waals surface area contributed by atoms with E-state index in [2.05, 4.69) is 37.5 Å². The minimum Gasteiger partial charge on any atom is -0.371 e. The van der Waals surface area contributed by atoms with E-state index < -0.39 is 0 Å². The number of rotatable bonds is 10. The molecule has 1 rings (SSSR count). The molecule has 0 bridgehead atoms. The molecule has 0 aromatic heterocycles. The van der Waals surface area contributed by atoms with Gasteiger partial charge in [-0.1, -0.05) is 39.9 Å². The molecule has 0 aliphatic heterocycles. The van der Waals surface area contributed by atoms with Crippen LogP contribution in [0, 0.1) is 4.51 Å². The lowest BCUT2D eigenvalue weighted by Gasteiger charge is -2.28. The van der Waals surface area contributed by atoms with Crippen LogP contribution >= 0.6 is 12.2 Å². The monoisotopic (exact) mass is 310 g/mol. The second-order valence-corrected chi connectivity index (χ2v) is 6.35. The first-order valence-corrected chi connectivity index (χ1v) is 8.65. The highest BCUT2D eigenvalue weighted by Gasteiger charge is 2.24. The van der Waals surface area contributed by atoms with Gasteiger partial charge in [-0.2, -0.15) is 0 Å². The van der Waals surface area contributed by atoms with Gasteiger partial charge in [0.25, 0.3) is 0 Å². The molecule has 3 nitrogen and oxygen atoms in total. The summed E-state index contributed by atoms with van der Waals surface area (Å²) in [5.41, 5.74) is 2.05. The smallest absolute Gasteiger partial charge is 0.220 e. The number of anilines is 1. The molecule has 4 heteroatoms. The van der Waals surface area contributed by atoms with E-state index >= 15 is 0 Å². The highest BCUT2D eigenvalue weighted by Crippen LogP contribution is 2.30. The quantitative estimate of drug-likeness (QED) is 0.615. The molecule has 0 aliphatic carbocycles. The topological polar surface area (TPSA) is 23.6 Å². The SMILES string of the molecule is CCCN(CC)CCCN(C)c1c(C(C)CC)c(=S)c1=O. The summed E-state index contributed by atoms with van der Waals surface area (Å²) in [7, 11) is 2.02. The average molecular weight is 311 g/mol. The lowest BCUT2D eigenvalue weighted by molar-refractivity contribution is 0.286. The summed E-state index contributed by atoms with van der Waals surface area (Å²) in [6, 6.07) is 0. The van der Waals surface area contributed by atoms with Gasteiger partial charge in [-0.25, -0.2) is 0 Å². The van der Waals surface area contributed by atoms with Crippen molar-refractivity contribution in [3.05, 3.63) is 20.3 Å². The molecule has 1 aromatic carbocycles. The third-order valence-corrected chi connectivity index (χ3v) is 4.77. The first kappa shape index (κ1) is 18.3. The Morgan fingerprint density at radius 1 is 1.14 bits per heavy atom. The Labute approximate surface area is 134 Å². The Morgan fingerprint density at radius 3 is 2.33 bits per heavy atom. The highest BCUT2D eigenvalue weighted by atomic mass is 32.1. The Hall–Kier alpha value is -0.740. The normalized spacial score (nSPS) is 13.0. The predicted octanol–water partition coefficient (Wildman–Crippen LogP) is 3.72. The minimum atomic E-state index is 0.0729. The Bertz CT molecular complexity index is 505. The summed E-state index contributed by atoms with van der Waals surface area (Å²) in [5.74, 6) is 0.389. The van der Waals surface area contributed by atoms with Crippen LogP contribution in [0.15, 0.2) is 4.79 Å². The zero-order valence-electron chi connectivity index (χ0n) is 14.2. The first-order valence-electron chi connectivity index (χ1n) is 8.24. The second kappa shape index (κ2) is 8.64. The number of hydrogen-bond donors (Lipinski definition) is 0. The van der Waals surface area contributed by atoms with Crippen molar-refractivity contribution in [2.24, 2.45) is 0 Å². The highest BCUT2D eigenvalue weighted by molar-refractivity contribution is 7.71. The molecule has 21 heavy (non-hydrogen) atoms. The largest absolute Gasteiger partial charge is 0.371 e. The third kappa shape index (κ3) is 4.36. The van der Waals surface area contributed by atoms with Crippen LogP contribution in [-0.2, 0) is 0 Å². The van der Waals surface area contributed by atoms with Crippen LogP contribution in [0.3, 0.4) is 0 Å². The fourth-order valence-corrected chi connectivity index (χ4v) is 3.22. The summed E-state index contributed by atoms with van der Waals surface area (Å²) in [6.45, 7) is 13.0. The van der Waals surface area contributed by atoms with Gasteiger partial charge in [-0.05, 0) is 44.8 Å². The first-order chi connectivity index (χ1) is 9.97. The summed E-state index contributed by atoms with van der Waals surface area (Å²) >= 11 is 5.23. The van der Waals surface area contributed by atoms with Crippen molar-refractivity contribution in [1.29, 1.82) is 0 Å². The number of nitrogens with zero attached hydrogens (tertiary/aromatic N) is 2. The Morgan fingerprint density at radius 2 is 1.81 bits per heavy atom. The Balaban J connectivity index is 2.61. The van der Waals surface area contributed by atoms with Crippen LogP contribution in [0.25, 0.3) is 0 Å². The van der Waals surface area contributed by atoms with E-state index in [1.54, 1.807) is 0 Å². The lowest BCUT2D eigenvalue weighted by Crippen LogP contribution is -2.34. The molecule has 0 heterocycles. The summed E-state index contributed by atoms with van der Waals surface area (Å²) in [6.07, 6.45) is 3.31. The van der Waals surface area contributed by atoms with Crippen molar-refractivity contribution in [2.75, 3.05) is 38.1 Å². The molecule has 1 aromatic rings. The van der Waals surface area contributed by atoms with Crippen LogP contribution < -0.4 is 10.3 Å². The van der Waals surface area contributed by atoms with Gasteiger partial charge in [-0.3, -0.25) is 4.79 Å². The van der Waals surface area contributed by atoms with Crippen LogP contribution in [0.4, 0.5) is 5.69 Å². The third-order valence-electron chi connectivity index (χ3n) is 4.36. The summed E-state index contributed by atoms with van der Waals surface area (Å²) in [5, 5.41) is 0.